The Morgan fingerprint density at radius 3 is 2.62 bits per heavy atom. The molecule has 6 rings (SSSR count). The molecule has 0 saturated carbocycles. The molecule has 2 heterocycles. The van der Waals surface area contributed by atoms with E-state index < -0.39 is 10.5 Å². The van der Waals surface area contributed by atoms with Crippen molar-refractivity contribution in [1.82, 2.24) is 9.66 Å². The van der Waals surface area contributed by atoms with Crippen LogP contribution in [-0.4, -0.2) is 20.8 Å². The van der Waals surface area contributed by atoms with E-state index in [2.05, 4.69) is 26.0 Å². The molecular formula is C30H17BrCl2N4O5. The number of para-hydroxylation sites is 1. The first-order valence-electron chi connectivity index (χ1n) is 12.4. The lowest BCUT2D eigenvalue weighted by Gasteiger charge is -2.10. The molecule has 0 aliphatic carbocycles. The molecule has 0 radical (unpaired) electrons. The monoisotopic (exact) mass is 662 g/mol. The first-order valence-corrected chi connectivity index (χ1v) is 13.9. The number of nitrogens with zero attached hydrogens (tertiary/aromatic N) is 4. The summed E-state index contributed by atoms with van der Waals surface area (Å²) in [7, 11) is 0. The summed E-state index contributed by atoms with van der Waals surface area (Å²) in [6.45, 7) is 0.0424. The van der Waals surface area contributed by atoms with Crippen LogP contribution in [0.1, 0.15) is 11.1 Å². The van der Waals surface area contributed by atoms with E-state index >= 15 is 0 Å². The Morgan fingerprint density at radius 2 is 1.83 bits per heavy atom. The number of hydrogen-bond acceptors (Lipinski definition) is 7. The molecule has 0 bridgehead atoms. The lowest BCUT2D eigenvalue weighted by atomic mass is 10.2. The fourth-order valence-electron chi connectivity index (χ4n) is 4.33. The van der Waals surface area contributed by atoms with Gasteiger partial charge in [0.05, 0.1) is 27.1 Å². The number of aromatic nitrogens is 2. The van der Waals surface area contributed by atoms with Crippen LogP contribution in [0.5, 0.6) is 5.75 Å². The fraction of sp³-hybridized carbons (Fsp3) is 0.0333. The minimum atomic E-state index is -0.595. The molecule has 0 saturated heterocycles. The van der Waals surface area contributed by atoms with Crippen LogP contribution in [0.4, 0.5) is 5.69 Å². The second-order valence-electron chi connectivity index (χ2n) is 9.13. The van der Waals surface area contributed by atoms with Crippen LogP contribution in [0.25, 0.3) is 33.5 Å². The minimum Gasteiger partial charge on any atom is -0.481 e. The molecular weight excluding hydrogens is 647 g/mol. The molecule has 42 heavy (non-hydrogen) atoms. The predicted molar refractivity (Wildman–Crippen MR) is 166 cm³/mol. The summed E-state index contributed by atoms with van der Waals surface area (Å²) in [5.41, 5.74) is 1.28. The molecule has 0 unspecified atom stereocenters. The van der Waals surface area contributed by atoms with Crippen LogP contribution in [-0.2, 0) is 6.61 Å². The Balaban J connectivity index is 1.41. The average molecular weight is 664 g/mol. The van der Waals surface area contributed by atoms with Gasteiger partial charge in [0, 0.05) is 26.5 Å². The molecule has 0 aliphatic heterocycles. The van der Waals surface area contributed by atoms with E-state index in [1.165, 1.54) is 18.3 Å². The highest BCUT2D eigenvalue weighted by molar-refractivity contribution is 9.10. The first-order chi connectivity index (χ1) is 20.3. The Bertz CT molecular complexity index is 2090. The molecule has 0 spiro atoms. The zero-order chi connectivity index (χ0) is 29.4. The van der Waals surface area contributed by atoms with Gasteiger partial charge in [-0.2, -0.15) is 9.78 Å². The third-order valence-corrected chi connectivity index (χ3v) is 7.34. The van der Waals surface area contributed by atoms with Crippen molar-refractivity contribution in [2.45, 2.75) is 6.61 Å². The molecule has 0 amide bonds. The van der Waals surface area contributed by atoms with Crippen molar-refractivity contribution in [3.63, 3.8) is 0 Å². The summed E-state index contributed by atoms with van der Waals surface area (Å²) < 4.78 is 13.7. The normalized spacial score (nSPS) is 11.5. The first kappa shape index (κ1) is 27.6. The van der Waals surface area contributed by atoms with E-state index in [1.807, 2.05) is 12.1 Å². The summed E-state index contributed by atoms with van der Waals surface area (Å²) >= 11 is 15.8. The van der Waals surface area contributed by atoms with Crippen LogP contribution >= 0.6 is 39.1 Å². The van der Waals surface area contributed by atoms with Crippen LogP contribution < -0.4 is 10.3 Å². The van der Waals surface area contributed by atoms with Crippen LogP contribution in [0.2, 0.25) is 10.0 Å². The van der Waals surface area contributed by atoms with Gasteiger partial charge >= 0.3 is 5.69 Å². The molecule has 4 aromatic carbocycles. The van der Waals surface area contributed by atoms with Gasteiger partial charge in [-0.25, -0.2) is 4.98 Å². The number of fused-ring (bicyclic) bond motifs is 2. The van der Waals surface area contributed by atoms with Gasteiger partial charge in [0.2, 0.25) is 11.6 Å². The van der Waals surface area contributed by atoms with Gasteiger partial charge in [-0.1, -0.05) is 63.4 Å². The van der Waals surface area contributed by atoms with Gasteiger partial charge < -0.3 is 9.15 Å². The summed E-state index contributed by atoms with van der Waals surface area (Å²) in [5.74, 6) is 0.385. The van der Waals surface area contributed by atoms with Crippen molar-refractivity contribution in [2.24, 2.45) is 5.10 Å². The smallest absolute Gasteiger partial charge is 0.313 e. The van der Waals surface area contributed by atoms with E-state index in [1.54, 1.807) is 60.7 Å². The van der Waals surface area contributed by atoms with E-state index in [9.17, 15) is 14.9 Å². The Kier molecular flexibility index (Phi) is 7.51. The van der Waals surface area contributed by atoms with Crippen LogP contribution in [0, 0.1) is 10.1 Å². The highest BCUT2D eigenvalue weighted by Crippen LogP contribution is 2.36. The van der Waals surface area contributed by atoms with Crippen molar-refractivity contribution >= 4 is 72.9 Å². The Labute approximate surface area is 255 Å². The predicted octanol–water partition coefficient (Wildman–Crippen LogP) is 8.25. The third kappa shape index (κ3) is 5.52. The maximum Gasteiger partial charge on any atom is 0.313 e. The zero-order valence-electron chi connectivity index (χ0n) is 21.3. The lowest BCUT2D eigenvalue weighted by Crippen LogP contribution is -2.20. The number of furan rings is 1. The molecule has 208 valence electrons. The lowest BCUT2D eigenvalue weighted by molar-refractivity contribution is -0.385. The molecule has 6 aromatic rings. The standard InChI is InChI=1S/C30H17BrCl2N4O5/c31-20-7-10-26-19(13-20)14-27(42-26)29-35-24-4-2-1-3-22(24)30(38)36(29)34-15-18-11-23(33)28(25(12-18)37(39)40)41-16-17-5-8-21(32)9-6-17/h1-15H,16H2. The topological polar surface area (TPSA) is 113 Å². The van der Waals surface area contributed by atoms with Crippen molar-refractivity contribution in [2.75, 3.05) is 0 Å². The largest absolute Gasteiger partial charge is 0.481 e. The van der Waals surface area contributed by atoms with Crippen molar-refractivity contribution in [3.8, 4) is 17.3 Å². The highest BCUT2D eigenvalue weighted by Gasteiger charge is 2.21. The molecule has 0 aliphatic rings. The fourth-order valence-corrected chi connectivity index (χ4v) is 5.11. The molecule has 0 atom stereocenters. The van der Waals surface area contributed by atoms with Gasteiger partial charge in [-0.15, -0.1) is 0 Å². The SMILES string of the molecule is O=c1c2ccccc2nc(-c2cc3cc(Br)ccc3o2)n1N=Cc1cc(Cl)c(OCc2ccc(Cl)cc2)c([N+](=O)[O-])c1. The van der Waals surface area contributed by atoms with Crippen molar-refractivity contribution in [3.05, 3.63) is 131 Å². The molecule has 12 heteroatoms. The van der Waals surface area contributed by atoms with Gasteiger partial charge in [0.15, 0.2) is 5.76 Å². The number of nitro groups is 1. The quantitative estimate of drug-likeness (QED) is 0.0966. The van der Waals surface area contributed by atoms with Crippen LogP contribution in [0.3, 0.4) is 0 Å². The molecule has 9 nitrogen and oxygen atoms in total. The van der Waals surface area contributed by atoms with Gasteiger partial charge in [-0.05, 0) is 60.2 Å². The molecule has 0 N–H and O–H groups in total. The third-order valence-electron chi connectivity index (χ3n) is 6.31. The van der Waals surface area contributed by atoms with Gasteiger partial charge in [-0.3, -0.25) is 14.9 Å². The highest BCUT2D eigenvalue weighted by atomic mass is 79.9. The summed E-state index contributed by atoms with van der Waals surface area (Å²) in [6.07, 6.45) is 1.29. The molecule has 2 aromatic heterocycles. The summed E-state index contributed by atoms with van der Waals surface area (Å²) in [6, 6.07) is 23.8. The number of ether oxygens (including phenoxy) is 1. The number of halogens is 3. The van der Waals surface area contributed by atoms with E-state index in [0.29, 0.717) is 27.3 Å². The van der Waals surface area contributed by atoms with Crippen LogP contribution in [0.15, 0.2) is 104 Å². The number of rotatable bonds is 7. The minimum absolute atomic E-state index is 0.00619. The summed E-state index contributed by atoms with van der Waals surface area (Å²) in [4.78, 5) is 29.5. The zero-order valence-corrected chi connectivity index (χ0v) is 24.4. The second kappa shape index (κ2) is 11.4. The van der Waals surface area contributed by atoms with E-state index in [4.69, 9.17) is 32.4 Å². The molecule has 0 fully saturated rings. The summed E-state index contributed by atoms with van der Waals surface area (Å²) in [5, 5.41) is 18.0. The van der Waals surface area contributed by atoms with Gasteiger partial charge in [0.1, 0.15) is 12.2 Å². The van der Waals surface area contributed by atoms with E-state index in [0.717, 1.165) is 20.1 Å². The maximum absolute atomic E-state index is 13.5. The van der Waals surface area contributed by atoms with Crippen molar-refractivity contribution < 1.29 is 14.1 Å². The second-order valence-corrected chi connectivity index (χ2v) is 10.9. The number of benzene rings is 4. The number of nitro benzene ring substituents is 1. The number of hydrogen-bond donors (Lipinski definition) is 0. The maximum atomic E-state index is 13.5. The Hall–Kier alpha value is -4.51. The van der Waals surface area contributed by atoms with E-state index in [-0.39, 0.29) is 34.5 Å². The van der Waals surface area contributed by atoms with Crippen molar-refractivity contribution in [1.29, 1.82) is 0 Å². The Morgan fingerprint density at radius 1 is 1.05 bits per heavy atom. The average Bonchev–Trinajstić information content (AvgIpc) is 3.39. The van der Waals surface area contributed by atoms with Gasteiger partial charge in [0.25, 0.3) is 5.56 Å².